The van der Waals surface area contributed by atoms with Crippen molar-refractivity contribution in [3.05, 3.63) is 194 Å². The Morgan fingerprint density at radius 2 is 0.927 bits per heavy atom. The first-order chi connectivity index (χ1) is 26.9. The van der Waals surface area contributed by atoms with Gasteiger partial charge in [0.15, 0.2) is 0 Å². The van der Waals surface area contributed by atoms with Gasteiger partial charge in [-0.2, -0.15) is 0 Å². The maximum atomic E-state index is 7.12. The molecule has 0 radical (unpaired) electrons. The predicted molar refractivity (Wildman–Crippen MR) is 233 cm³/mol. The minimum atomic E-state index is -0.129. The van der Waals surface area contributed by atoms with Gasteiger partial charge < -0.3 is 9.64 Å². The molecular formula is C52H40BNO. The van der Waals surface area contributed by atoms with Crippen LogP contribution in [-0.4, -0.2) is 6.71 Å². The van der Waals surface area contributed by atoms with Crippen molar-refractivity contribution in [2.75, 3.05) is 4.90 Å². The number of benzene rings is 8. The lowest BCUT2D eigenvalue weighted by molar-refractivity contribution is 0.483. The molecule has 0 unspecified atom stereocenters. The summed E-state index contributed by atoms with van der Waals surface area (Å²) in [6, 6.07) is 68.4. The van der Waals surface area contributed by atoms with E-state index in [0.29, 0.717) is 0 Å². The van der Waals surface area contributed by atoms with Crippen LogP contribution < -0.4 is 26.0 Å². The van der Waals surface area contributed by atoms with E-state index in [-0.39, 0.29) is 12.1 Å². The summed E-state index contributed by atoms with van der Waals surface area (Å²) in [7, 11) is 0. The molecule has 0 spiro atoms. The fraction of sp³-hybridized carbons (Fsp3) is 0.0769. The van der Waals surface area contributed by atoms with E-state index < -0.39 is 0 Å². The Morgan fingerprint density at radius 3 is 1.47 bits per heavy atom. The molecule has 2 aliphatic heterocycles. The molecule has 2 heterocycles. The summed E-state index contributed by atoms with van der Waals surface area (Å²) in [5.41, 5.74) is 17.6. The third kappa shape index (κ3) is 5.67. The molecule has 0 bridgehead atoms. The van der Waals surface area contributed by atoms with Gasteiger partial charge >= 0.3 is 0 Å². The molecule has 0 fully saturated rings. The largest absolute Gasteiger partial charge is 0.458 e. The molecule has 0 saturated heterocycles. The maximum Gasteiger partial charge on any atom is 0.256 e. The average molecular weight is 706 g/mol. The monoisotopic (exact) mass is 705 g/mol. The van der Waals surface area contributed by atoms with E-state index in [4.69, 9.17) is 4.74 Å². The molecule has 8 aromatic rings. The number of anilines is 3. The number of nitrogens with zero attached hydrogens (tertiary/aromatic N) is 1. The van der Waals surface area contributed by atoms with Gasteiger partial charge in [-0.15, -0.1) is 0 Å². The van der Waals surface area contributed by atoms with Crippen LogP contribution >= 0.6 is 0 Å². The van der Waals surface area contributed by atoms with Crippen LogP contribution in [0.15, 0.2) is 188 Å². The van der Waals surface area contributed by atoms with Crippen molar-refractivity contribution in [3.63, 3.8) is 0 Å². The van der Waals surface area contributed by atoms with Gasteiger partial charge in [-0.1, -0.05) is 185 Å². The number of rotatable bonds is 5. The second-order valence-corrected chi connectivity index (χ2v) is 15.7. The van der Waals surface area contributed by atoms with Gasteiger partial charge in [0.2, 0.25) is 0 Å². The van der Waals surface area contributed by atoms with Crippen molar-refractivity contribution in [2.45, 2.75) is 26.2 Å². The minimum Gasteiger partial charge on any atom is -0.458 e. The molecule has 55 heavy (non-hydrogen) atoms. The second kappa shape index (κ2) is 13.1. The Labute approximate surface area is 324 Å². The van der Waals surface area contributed by atoms with E-state index >= 15 is 0 Å². The Morgan fingerprint density at radius 1 is 0.418 bits per heavy atom. The summed E-state index contributed by atoms with van der Waals surface area (Å²) >= 11 is 0. The highest BCUT2D eigenvalue weighted by atomic mass is 16.5. The van der Waals surface area contributed by atoms with Crippen LogP contribution in [-0.2, 0) is 5.41 Å². The zero-order valence-corrected chi connectivity index (χ0v) is 31.3. The van der Waals surface area contributed by atoms with Crippen LogP contribution in [0.1, 0.15) is 26.3 Å². The summed E-state index contributed by atoms with van der Waals surface area (Å²) < 4.78 is 7.12. The van der Waals surface area contributed by atoms with Crippen molar-refractivity contribution in [1.82, 2.24) is 0 Å². The third-order valence-corrected chi connectivity index (χ3v) is 11.3. The predicted octanol–water partition coefficient (Wildman–Crippen LogP) is 12.1. The SMILES string of the molecule is CC(C)(C)c1cc2c3c(c1)N(c1c(-c4ccccc4)cccc1-c1ccccc1)c1cc(-c4ccccc4)ccc1B3c1ccc(-c3ccccc3)cc1O2. The van der Waals surface area contributed by atoms with Crippen molar-refractivity contribution in [3.8, 4) is 56.0 Å². The first kappa shape index (κ1) is 33.0. The van der Waals surface area contributed by atoms with Gasteiger partial charge in [-0.3, -0.25) is 0 Å². The van der Waals surface area contributed by atoms with Crippen LogP contribution in [0, 0.1) is 0 Å². The normalized spacial score (nSPS) is 12.7. The minimum absolute atomic E-state index is 0.0206. The molecule has 2 nitrogen and oxygen atoms in total. The molecular weight excluding hydrogens is 665 g/mol. The Kier molecular flexibility index (Phi) is 7.85. The van der Waals surface area contributed by atoms with Crippen molar-refractivity contribution in [1.29, 1.82) is 0 Å². The summed E-state index contributed by atoms with van der Waals surface area (Å²) in [6.45, 7) is 6.87. The van der Waals surface area contributed by atoms with Crippen LogP contribution in [0.5, 0.6) is 11.5 Å². The van der Waals surface area contributed by atoms with E-state index in [1.807, 2.05) is 0 Å². The van der Waals surface area contributed by atoms with Crippen LogP contribution in [0.25, 0.3) is 44.5 Å². The average Bonchev–Trinajstić information content (AvgIpc) is 3.23. The molecule has 0 atom stereocenters. The molecule has 0 aliphatic carbocycles. The fourth-order valence-electron chi connectivity index (χ4n) is 8.52. The highest BCUT2D eigenvalue weighted by molar-refractivity contribution is 6.99. The maximum absolute atomic E-state index is 7.12. The molecule has 0 N–H and O–H groups in total. The van der Waals surface area contributed by atoms with Crippen LogP contribution in [0.2, 0.25) is 0 Å². The quantitative estimate of drug-likeness (QED) is 0.165. The van der Waals surface area contributed by atoms with E-state index in [2.05, 4.69) is 214 Å². The Balaban J connectivity index is 1.31. The standard InChI is InChI=1S/C52H40BNO/c1-52(2,3)41-33-47-50-49(34-41)55-48-32-40(36-19-10-5-11-20-36)28-30-45(48)53(50)44-29-27-39(35-17-8-4-9-18-35)31-46(44)54(47)51-42(37-21-12-6-13-22-37)25-16-26-43(51)38-23-14-7-15-24-38/h4-34H,1-3H3. The lowest BCUT2D eigenvalue weighted by atomic mass is 9.34. The van der Waals surface area contributed by atoms with E-state index in [9.17, 15) is 0 Å². The topological polar surface area (TPSA) is 12.5 Å². The summed E-state index contributed by atoms with van der Waals surface area (Å²) in [5.74, 6) is 1.84. The molecule has 2 aliphatic rings. The van der Waals surface area contributed by atoms with Gasteiger partial charge in [0.25, 0.3) is 6.71 Å². The summed E-state index contributed by atoms with van der Waals surface area (Å²) in [4.78, 5) is 2.56. The molecule has 0 saturated carbocycles. The summed E-state index contributed by atoms with van der Waals surface area (Å²) in [5, 5.41) is 0. The zero-order chi connectivity index (χ0) is 37.1. The highest BCUT2D eigenvalue weighted by Gasteiger charge is 2.43. The number of hydrogen-bond acceptors (Lipinski definition) is 2. The smallest absolute Gasteiger partial charge is 0.256 e. The number of fused-ring (bicyclic) bond motifs is 4. The lowest BCUT2D eigenvalue weighted by Crippen LogP contribution is -2.59. The first-order valence-electron chi connectivity index (χ1n) is 19.2. The summed E-state index contributed by atoms with van der Waals surface area (Å²) in [6.07, 6.45) is 0. The lowest BCUT2D eigenvalue weighted by Gasteiger charge is -2.42. The van der Waals surface area contributed by atoms with Crippen LogP contribution in [0.4, 0.5) is 17.1 Å². The fourth-order valence-corrected chi connectivity index (χ4v) is 8.52. The Hall–Kier alpha value is -6.58. The van der Waals surface area contributed by atoms with Gasteiger partial charge in [-0.05, 0) is 85.0 Å². The van der Waals surface area contributed by atoms with Crippen molar-refractivity contribution < 1.29 is 4.74 Å². The molecule has 10 rings (SSSR count). The zero-order valence-electron chi connectivity index (χ0n) is 31.3. The number of ether oxygens (including phenoxy) is 1. The van der Waals surface area contributed by atoms with Crippen LogP contribution in [0.3, 0.4) is 0 Å². The highest BCUT2D eigenvalue weighted by Crippen LogP contribution is 2.50. The first-order valence-corrected chi connectivity index (χ1v) is 19.2. The van der Waals surface area contributed by atoms with Gasteiger partial charge in [0.05, 0.1) is 5.69 Å². The van der Waals surface area contributed by atoms with E-state index in [0.717, 1.165) is 28.4 Å². The molecule has 0 amide bonds. The van der Waals surface area contributed by atoms with Crippen molar-refractivity contribution in [2.24, 2.45) is 0 Å². The van der Waals surface area contributed by atoms with E-state index in [1.165, 1.54) is 66.6 Å². The second-order valence-electron chi connectivity index (χ2n) is 15.7. The van der Waals surface area contributed by atoms with E-state index in [1.54, 1.807) is 0 Å². The molecule has 8 aromatic carbocycles. The molecule has 262 valence electrons. The molecule has 3 heteroatoms. The van der Waals surface area contributed by atoms with Gasteiger partial charge in [-0.25, -0.2) is 0 Å². The van der Waals surface area contributed by atoms with Gasteiger partial charge in [0.1, 0.15) is 11.5 Å². The van der Waals surface area contributed by atoms with Crippen molar-refractivity contribution >= 4 is 40.2 Å². The van der Waals surface area contributed by atoms with Gasteiger partial charge in [0, 0.05) is 22.5 Å². The molecule has 0 aromatic heterocycles. The number of hydrogen-bond donors (Lipinski definition) is 0. The number of para-hydroxylation sites is 1. The Bertz CT molecular complexity index is 2640. The third-order valence-electron chi connectivity index (χ3n) is 11.3.